The van der Waals surface area contributed by atoms with Gasteiger partial charge in [-0.1, -0.05) is 84.9 Å². The van der Waals surface area contributed by atoms with Gasteiger partial charge in [-0.05, 0) is 37.5 Å². The van der Waals surface area contributed by atoms with Crippen LogP contribution in [0.3, 0.4) is 0 Å². The van der Waals surface area contributed by atoms with E-state index in [1.807, 2.05) is 81.4 Å². The minimum Gasteiger partial charge on any atom is -0.444 e. The fourth-order valence-electron chi connectivity index (χ4n) is 4.85. The lowest BCUT2D eigenvalue weighted by molar-refractivity contribution is 0.00640. The lowest BCUT2D eigenvalue weighted by Gasteiger charge is -2.49. The summed E-state index contributed by atoms with van der Waals surface area (Å²) >= 11 is 0. The molecule has 1 saturated heterocycles. The van der Waals surface area contributed by atoms with E-state index < -0.39 is 11.1 Å². The minimum atomic E-state index is -0.681. The van der Waals surface area contributed by atoms with Crippen molar-refractivity contribution >= 4 is 12.4 Å². The molecule has 4 rings (SSSR count). The molecule has 0 aliphatic carbocycles. The highest BCUT2D eigenvalue weighted by Gasteiger charge is 2.45. The van der Waals surface area contributed by atoms with Crippen molar-refractivity contribution in [1.29, 1.82) is 0 Å². The summed E-state index contributed by atoms with van der Waals surface area (Å²) in [6, 6.07) is 28.4. The zero-order valence-electron chi connectivity index (χ0n) is 20.1. The summed E-state index contributed by atoms with van der Waals surface area (Å²) in [7, 11) is 0. The molecule has 0 radical (unpaired) electrons. The number of nitrogens with zero attached hydrogens (tertiary/aromatic N) is 2. The van der Waals surface area contributed by atoms with Crippen molar-refractivity contribution in [3.05, 3.63) is 107 Å². The number of carbonyl (C=O) groups is 2. The molecular formula is C29H32N2O3. The second-order valence-corrected chi connectivity index (χ2v) is 9.60. The summed E-state index contributed by atoms with van der Waals surface area (Å²) in [5, 5.41) is 0. The largest absolute Gasteiger partial charge is 0.444 e. The zero-order valence-corrected chi connectivity index (χ0v) is 20.1. The average molecular weight is 457 g/mol. The predicted octanol–water partition coefficient (Wildman–Crippen LogP) is 5.34. The SMILES string of the molecule is CC(C)(C)OC(=O)N1CCN(C(c2ccccc2)(c2ccccc2)c2ccccc2C=O)CC1. The van der Waals surface area contributed by atoms with Crippen LogP contribution in [0, 0.1) is 0 Å². The van der Waals surface area contributed by atoms with Crippen molar-refractivity contribution in [1.82, 2.24) is 9.80 Å². The van der Waals surface area contributed by atoms with E-state index in [1.165, 1.54) is 0 Å². The Bertz CT molecular complexity index is 1080. The number of carbonyl (C=O) groups excluding carboxylic acids is 2. The molecule has 0 saturated carbocycles. The van der Waals surface area contributed by atoms with Gasteiger partial charge >= 0.3 is 6.09 Å². The Morgan fingerprint density at radius 1 is 0.765 bits per heavy atom. The molecule has 1 heterocycles. The van der Waals surface area contributed by atoms with Crippen LogP contribution < -0.4 is 0 Å². The fraction of sp³-hybridized carbons (Fsp3) is 0.310. The number of rotatable bonds is 5. The molecule has 5 nitrogen and oxygen atoms in total. The van der Waals surface area contributed by atoms with Crippen molar-refractivity contribution in [3.8, 4) is 0 Å². The number of ether oxygens (including phenoxy) is 1. The van der Waals surface area contributed by atoms with Gasteiger partial charge in [0.2, 0.25) is 0 Å². The van der Waals surface area contributed by atoms with Gasteiger partial charge in [0.1, 0.15) is 11.9 Å². The van der Waals surface area contributed by atoms with Gasteiger partial charge in [0.15, 0.2) is 0 Å². The van der Waals surface area contributed by atoms with E-state index in [1.54, 1.807) is 4.90 Å². The summed E-state index contributed by atoms with van der Waals surface area (Å²) in [5.74, 6) is 0. The normalized spacial score (nSPS) is 15.1. The molecule has 0 aromatic heterocycles. The van der Waals surface area contributed by atoms with E-state index in [0.29, 0.717) is 31.7 Å². The molecule has 1 aliphatic rings. The number of hydrogen-bond acceptors (Lipinski definition) is 4. The maximum absolute atomic E-state index is 12.7. The smallest absolute Gasteiger partial charge is 0.410 e. The third-order valence-corrected chi connectivity index (χ3v) is 6.27. The summed E-state index contributed by atoms with van der Waals surface area (Å²) < 4.78 is 5.61. The Morgan fingerprint density at radius 2 is 1.26 bits per heavy atom. The first-order chi connectivity index (χ1) is 16.4. The Hall–Kier alpha value is -3.44. The highest BCUT2D eigenvalue weighted by molar-refractivity contribution is 5.79. The van der Waals surface area contributed by atoms with Crippen molar-refractivity contribution in [2.45, 2.75) is 31.9 Å². The molecule has 176 valence electrons. The molecule has 0 spiro atoms. The maximum Gasteiger partial charge on any atom is 0.410 e. The molecule has 3 aromatic carbocycles. The number of amides is 1. The van der Waals surface area contributed by atoms with Crippen LogP contribution in [0.2, 0.25) is 0 Å². The minimum absolute atomic E-state index is 0.287. The topological polar surface area (TPSA) is 49.9 Å². The molecule has 1 amide bonds. The molecule has 1 aliphatic heterocycles. The molecule has 0 atom stereocenters. The summed E-state index contributed by atoms with van der Waals surface area (Å²) in [4.78, 5) is 29.1. The van der Waals surface area contributed by atoms with Gasteiger partial charge in [-0.3, -0.25) is 9.69 Å². The van der Waals surface area contributed by atoms with Crippen molar-refractivity contribution in [2.75, 3.05) is 26.2 Å². The lowest BCUT2D eigenvalue weighted by Crippen LogP contribution is -2.58. The van der Waals surface area contributed by atoms with Crippen LogP contribution in [0.25, 0.3) is 0 Å². The zero-order chi connectivity index (χ0) is 24.2. The second-order valence-electron chi connectivity index (χ2n) is 9.60. The maximum atomic E-state index is 12.7. The van der Waals surface area contributed by atoms with E-state index in [2.05, 4.69) is 29.2 Å². The van der Waals surface area contributed by atoms with Gasteiger partial charge < -0.3 is 9.64 Å². The quantitative estimate of drug-likeness (QED) is 0.384. The first-order valence-corrected chi connectivity index (χ1v) is 11.7. The molecule has 34 heavy (non-hydrogen) atoms. The van der Waals surface area contributed by atoms with E-state index >= 15 is 0 Å². The third kappa shape index (κ3) is 4.62. The van der Waals surface area contributed by atoms with Crippen LogP contribution >= 0.6 is 0 Å². The Balaban J connectivity index is 1.83. The van der Waals surface area contributed by atoms with E-state index in [-0.39, 0.29) is 6.09 Å². The van der Waals surface area contributed by atoms with Gasteiger partial charge in [0, 0.05) is 31.7 Å². The Kier molecular flexibility index (Phi) is 6.85. The van der Waals surface area contributed by atoms with Crippen LogP contribution in [0.4, 0.5) is 4.79 Å². The Morgan fingerprint density at radius 3 is 1.76 bits per heavy atom. The van der Waals surface area contributed by atoms with E-state index in [0.717, 1.165) is 23.0 Å². The number of hydrogen-bond donors (Lipinski definition) is 0. The highest BCUT2D eigenvalue weighted by Crippen LogP contribution is 2.44. The Labute approximate surface area is 202 Å². The number of aldehydes is 1. The molecule has 0 bridgehead atoms. The third-order valence-electron chi connectivity index (χ3n) is 6.27. The predicted molar refractivity (Wildman–Crippen MR) is 134 cm³/mol. The van der Waals surface area contributed by atoms with Crippen molar-refractivity contribution < 1.29 is 14.3 Å². The van der Waals surface area contributed by atoms with Crippen LogP contribution in [0.15, 0.2) is 84.9 Å². The van der Waals surface area contributed by atoms with Gasteiger partial charge in [0.05, 0.1) is 5.54 Å². The van der Waals surface area contributed by atoms with E-state index in [9.17, 15) is 9.59 Å². The monoisotopic (exact) mass is 456 g/mol. The second kappa shape index (κ2) is 9.82. The van der Waals surface area contributed by atoms with Gasteiger partial charge in [-0.15, -0.1) is 0 Å². The standard InChI is InChI=1S/C29H32N2O3/c1-28(2,3)34-27(33)30-18-20-31(21-19-30)29(24-13-6-4-7-14-24,25-15-8-5-9-16-25)26-17-11-10-12-23(26)22-32/h4-17,22H,18-21H2,1-3H3. The first kappa shape index (κ1) is 23.7. The molecule has 5 heteroatoms. The van der Waals surface area contributed by atoms with Gasteiger partial charge in [-0.25, -0.2) is 4.79 Å². The van der Waals surface area contributed by atoms with E-state index in [4.69, 9.17) is 4.74 Å². The van der Waals surface area contributed by atoms with Crippen LogP contribution in [-0.4, -0.2) is 54.0 Å². The molecule has 3 aromatic rings. The number of piperazine rings is 1. The van der Waals surface area contributed by atoms with Crippen LogP contribution in [-0.2, 0) is 10.3 Å². The van der Waals surface area contributed by atoms with Crippen LogP contribution in [0.1, 0.15) is 47.8 Å². The summed E-state index contributed by atoms with van der Waals surface area (Å²) in [5.41, 5.74) is 2.55. The van der Waals surface area contributed by atoms with Crippen LogP contribution in [0.5, 0.6) is 0 Å². The highest BCUT2D eigenvalue weighted by atomic mass is 16.6. The molecule has 0 unspecified atom stereocenters. The molecule has 0 N–H and O–H groups in total. The van der Waals surface area contributed by atoms with Gasteiger partial charge in [0.25, 0.3) is 0 Å². The fourth-order valence-corrected chi connectivity index (χ4v) is 4.85. The summed E-state index contributed by atoms with van der Waals surface area (Å²) in [6.07, 6.45) is 0.651. The first-order valence-electron chi connectivity index (χ1n) is 11.7. The number of benzene rings is 3. The molecular weight excluding hydrogens is 424 g/mol. The van der Waals surface area contributed by atoms with Gasteiger partial charge in [-0.2, -0.15) is 0 Å². The lowest BCUT2D eigenvalue weighted by atomic mass is 9.73. The summed E-state index contributed by atoms with van der Waals surface area (Å²) in [6.45, 7) is 8.00. The van der Waals surface area contributed by atoms with Crippen molar-refractivity contribution in [3.63, 3.8) is 0 Å². The molecule has 1 fully saturated rings. The average Bonchev–Trinajstić information content (AvgIpc) is 2.85. The van der Waals surface area contributed by atoms with Crippen molar-refractivity contribution in [2.24, 2.45) is 0 Å².